The van der Waals surface area contributed by atoms with Crippen LogP contribution in [0.5, 0.6) is 11.5 Å². The number of pyridine rings is 1. The Morgan fingerprint density at radius 1 is 1.10 bits per heavy atom. The summed E-state index contributed by atoms with van der Waals surface area (Å²) in [4.78, 5) is 59.6. The number of ether oxygens (including phenoxy) is 3. The summed E-state index contributed by atoms with van der Waals surface area (Å²) in [5.41, 5.74) is 1.14. The van der Waals surface area contributed by atoms with Gasteiger partial charge in [0.15, 0.2) is 0 Å². The molecule has 48 heavy (non-hydrogen) atoms. The Kier molecular flexibility index (Phi) is 10.1. The van der Waals surface area contributed by atoms with Crippen molar-refractivity contribution in [1.29, 1.82) is 0 Å². The SMILES string of the molecule is CCOC(=O)C12CC1/C=C\CCCCC[C@@H](CC=O)C(=O)N1C[C@H](Oc3cc(-c4ccccc4)nc4cc(OC)ccc34)C[C@H]1C(=O)N2. The molecule has 1 aromatic heterocycles. The minimum Gasteiger partial charge on any atom is -0.497 e. The molecule has 10 heteroatoms. The molecule has 3 aromatic rings. The maximum Gasteiger partial charge on any atom is 0.332 e. The van der Waals surface area contributed by atoms with Crippen molar-refractivity contribution >= 4 is 35.0 Å². The molecular weight excluding hydrogens is 610 g/mol. The molecule has 2 aliphatic heterocycles. The molecule has 1 saturated carbocycles. The minimum absolute atomic E-state index is 0.0845. The van der Waals surface area contributed by atoms with Gasteiger partial charge in [-0.2, -0.15) is 0 Å². The molecular formula is C38H43N3O7. The third-order valence-corrected chi connectivity index (χ3v) is 9.71. The predicted octanol–water partition coefficient (Wildman–Crippen LogP) is 5.42. The second-order valence-electron chi connectivity index (χ2n) is 12.9. The van der Waals surface area contributed by atoms with Crippen molar-refractivity contribution in [2.75, 3.05) is 20.3 Å². The number of hydrogen-bond acceptors (Lipinski definition) is 8. The average molecular weight is 654 g/mol. The van der Waals surface area contributed by atoms with Crippen LogP contribution in [0.1, 0.15) is 58.3 Å². The number of carbonyl (C=O) groups excluding carboxylic acids is 4. The quantitative estimate of drug-likeness (QED) is 0.194. The number of rotatable bonds is 8. The molecule has 252 valence electrons. The first-order valence-corrected chi connectivity index (χ1v) is 17.0. The smallest absolute Gasteiger partial charge is 0.332 e. The molecule has 10 nitrogen and oxygen atoms in total. The zero-order valence-corrected chi connectivity index (χ0v) is 27.6. The van der Waals surface area contributed by atoms with Crippen LogP contribution in [0, 0.1) is 11.8 Å². The van der Waals surface area contributed by atoms with E-state index < -0.39 is 35.5 Å². The Morgan fingerprint density at radius 3 is 2.71 bits per heavy atom. The topological polar surface area (TPSA) is 124 Å². The summed E-state index contributed by atoms with van der Waals surface area (Å²) in [5, 5.41) is 3.78. The molecule has 1 N–H and O–H groups in total. The zero-order chi connectivity index (χ0) is 33.7. The number of carbonyl (C=O) groups is 4. The van der Waals surface area contributed by atoms with Gasteiger partial charge in [-0.3, -0.25) is 9.59 Å². The number of allylic oxidation sites excluding steroid dienone is 1. The second kappa shape index (κ2) is 14.6. The van der Waals surface area contributed by atoms with Crippen LogP contribution in [0.3, 0.4) is 0 Å². The van der Waals surface area contributed by atoms with Crippen molar-refractivity contribution in [3.63, 3.8) is 0 Å². The van der Waals surface area contributed by atoms with Gasteiger partial charge in [0.05, 0.1) is 31.5 Å². The van der Waals surface area contributed by atoms with E-state index in [1.165, 1.54) is 0 Å². The summed E-state index contributed by atoms with van der Waals surface area (Å²) in [5.74, 6) is -0.619. The molecule has 1 saturated heterocycles. The Labute approximate surface area is 280 Å². The van der Waals surface area contributed by atoms with E-state index in [1.807, 2.05) is 60.7 Å². The van der Waals surface area contributed by atoms with Gasteiger partial charge < -0.3 is 29.2 Å². The Bertz CT molecular complexity index is 1690. The van der Waals surface area contributed by atoms with E-state index in [-0.39, 0.29) is 37.8 Å². The predicted molar refractivity (Wildman–Crippen MR) is 180 cm³/mol. The molecule has 0 radical (unpaired) electrons. The number of hydrogen-bond donors (Lipinski definition) is 1. The molecule has 0 spiro atoms. The highest BCUT2D eigenvalue weighted by molar-refractivity contribution is 5.96. The number of fused-ring (bicyclic) bond motifs is 3. The number of nitrogens with one attached hydrogen (secondary N) is 1. The van der Waals surface area contributed by atoms with E-state index in [2.05, 4.69) is 11.4 Å². The number of esters is 1. The lowest BCUT2D eigenvalue weighted by Crippen LogP contribution is -2.54. The van der Waals surface area contributed by atoms with E-state index in [4.69, 9.17) is 19.2 Å². The summed E-state index contributed by atoms with van der Waals surface area (Å²) < 4.78 is 17.5. The van der Waals surface area contributed by atoms with Crippen molar-refractivity contribution in [2.24, 2.45) is 11.8 Å². The third-order valence-electron chi connectivity index (χ3n) is 9.71. The van der Waals surface area contributed by atoms with E-state index in [0.717, 1.165) is 42.9 Å². The van der Waals surface area contributed by atoms with Crippen LogP contribution in [0.4, 0.5) is 0 Å². The number of aromatic nitrogens is 1. The summed E-state index contributed by atoms with van der Waals surface area (Å²) >= 11 is 0. The van der Waals surface area contributed by atoms with Gasteiger partial charge in [-0.15, -0.1) is 0 Å². The molecule has 0 bridgehead atoms. The van der Waals surface area contributed by atoms with Crippen LogP contribution >= 0.6 is 0 Å². The molecule has 1 aliphatic carbocycles. The van der Waals surface area contributed by atoms with Gasteiger partial charge in [0.2, 0.25) is 11.8 Å². The number of aldehydes is 1. The number of amides is 2. The first-order chi connectivity index (χ1) is 23.4. The standard InChI is InChI=1S/C38H43N3O7/c1-3-47-37(45)38-23-27(38)15-11-6-4-5-8-14-26(18-19-42)36(44)41-24-29(21-33(41)35(43)40-38)48-34-22-31(25-12-9-7-10-13-25)39-32-20-28(46-2)16-17-30(32)34/h7,9-13,15-17,19-20,22,26-27,29,33H,3-6,8,14,18,21,23-24H2,1-2H3,(H,40,43)/b15-11-/t26-,27?,29+,33-,38?/m0/s1. The monoisotopic (exact) mass is 653 g/mol. The summed E-state index contributed by atoms with van der Waals surface area (Å²) in [6.07, 6.45) is 9.10. The van der Waals surface area contributed by atoms with Crippen molar-refractivity contribution in [1.82, 2.24) is 15.2 Å². The first-order valence-electron chi connectivity index (χ1n) is 17.0. The normalized spacial score (nSPS) is 26.7. The van der Waals surface area contributed by atoms with Gasteiger partial charge in [0.1, 0.15) is 35.5 Å². The molecule has 2 unspecified atom stereocenters. The highest BCUT2D eigenvalue weighted by Gasteiger charge is 2.62. The molecule has 2 aromatic carbocycles. The number of nitrogens with zero attached hydrogens (tertiary/aromatic N) is 2. The minimum atomic E-state index is -1.16. The van der Waals surface area contributed by atoms with Crippen LogP contribution in [0.2, 0.25) is 0 Å². The fraction of sp³-hybridized carbons (Fsp3) is 0.447. The van der Waals surface area contributed by atoms with Crippen LogP contribution in [-0.2, 0) is 23.9 Å². The fourth-order valence-corrected chi connectivity index (χ4v) is 7.01. The van der Waals surface area contributed by atoms with Gasteiger partial charge >= 0.3 is 5.97 Å². The Morgan fingerprint density at radius 2 is 1.94 bits per heavy atom. The van der Waals surface area contributed by atoms with Crippen molar-refractivity contribution < 1.29 is 33.4 Å². The molecule has 2 amide bonds. The summed E-state index contributed by atoms with van der Waals surface area (Å²) in [6.45, 7) is 2.09. The maximum atomic E-state index is 14.1. The van der Waals surface area contributed by atoms with Crippen LogP contribution in [0.15, 0.2) is 66.7 Å². The van der Waals surface area contributed by atoms with Crippen LogP contribution in [-0.4, -0.2) is 71.9 Å². The van der Waals surface area contributed by atoms with Crippen molar-refractivity contribution in [3.05, 3.63) is 66.7 Å². The maximum absolute atomic E-state index is 14.1. The van der Waals surface area contributed by atoms with Gasteiger partial charge in [-0.1, -0.05) is 55.3 Å². The summed E-state index contributed by atoms with van der Waals surface area (Å²) in [6, 6.07) is 16.3. The average Bonchev–Trinajstić information content (AvgIpc) is 3.63. The Hall–Kier alpha value is -4.73. The van der Waals surface area contributed by atoms with Crippen LogP contribution < -0.4 is 14.8 Å². The lowest BCUT2D eigenvalue weighted by atomic mass is 9.96. The zero-order valence-electron chi connectivity index (χ0n) is 27.6. The lowest BCUT2D eigenvalue weighted by Gasteiger charge is -2.29. The highest BCUT2D eigenvalue weighted by atomic mass is 16.5. The van der Waals surface area contributed by atoms with E-state index in [9.17, 15) is 19.2 Å². The summed E-state index contributed by atoms with van der Waals surface area (Å²) in [7, 11) is 1.60. The Balaban J connectivity index is 1.34. The first kappa shape index (κ1) is 33.2. The van der Waals surface area contributed by atoms with E-state index >= 15 is 0 Å². The van der Waals surface area contributed by atoms with Gasteiger partial charge in [0.25, 0.3) is 0 Å². The highest BCUT2D eigenvalue weighted by Crippen LogP contribution is 2.46. The van der Waals surface area contributed by atoms with Crippen molar-refractivity contribution in [3.8, 4) is 22.8 Å². The van der Waals surface area contributed by atoms with E-state index in [1.54, 1.807) is 18.9 Å². The fourth-order valence-electron chi connectivity index (χ4n) is 7.01. The molecule has 5 atom stereocenters. The second-order valence-corrected chi connectivity index (χ2v) is 12.9. The molecule has 3 aliphatic rings. The van der Waals surface area contributed by atoms with Crippen LogP contribution in [0.25, 0.3) is 22.2 Å². The number of benzene rings is 2. The number of methoxy groups -OCH3 is 1. The van der Waals surface area contributed by atoms with Gasteiger partial charge in [-0.05, 0) is 44.7 Å². The van der Waals surface area contributed by atoms with Gasteiger partial charge in [-0.25, -0.2) is 9.78 Å². The van der Waals surface area contributed by atoms with E-state index in [0.29, 0.717) is 35.6 Å². The molecule has 2 fully saturated rings. The lowest BCUT2D eigenvalue weighted by molar-refractivity contribution is -0.150. The largest absolute Gasteiger partial charge is 0.497 e. The molecule has 3 heterocycles. The van der Waals surface area contributed by atoms with Gasteiger partial charge in [0, 0.05) is 47.8 Å². The molecule has 6 rings (SSSR count). The van der Waals surface area contributed by atoms with Crippen molar-refractivity contribution in [2.45, 2.75) is 76.0 Å². The third kappa shape index (κ3) is 6.93.